The molecule has 0 aliphatic heterocycles. The van der Waals surface area contributed by atoms with E-state index in [1.54, 1.807) is 54.6 Å². The van der Waals surface area contributed by atoms with Crippen LogP contribution in [-0.4, -0.2) is 50.1 Å². The molecule has 0 aliphatic carbocycles. The second kappa shape index (κ2) is 11.7. The average molecular weight is 497 g/mol. The summed E-state index contributed by atoms with van der Waals surface area (Å²) >= 11 is 0. The van der Waals surface area contributed by atoms with E-state index in [-0.39, 0.29) is 17.4 Å². The molecular weight excluding hydrogens is 468 g/mol. The van der Waals surface area contributed by atoms with Crippen molar-refractivity contribution >= 4 is 38.5 Å². The van der Waals surface area contributed by atoms with Crippen molar-refractivity contribution in [2.45, 2.75) is 31.2 Å². The lowest BCUT2D eigenvalue weighted by Gasteiger charge is -2.20. The average Bonchev–Trinajstić information content (AvgIpc) is 2.85. The normalized spacial score (nSPS) is 12.3. The van der Waals surface area contributed by atoms with Crippen LogP contribution >= 0.6 is 0 Å². The van der Waals surface area contributed by atoms with Crippen molar-refractivity contribution in [2.75, 3.05) is 13.1 Å². The van der Waals surface area contributed by atoms with Gasteiger partial charge in [0.15, 0.2) is 5.78 Å². The maximum absolute atomic E-state index is 12.7. The van der Waals surface area contributed by atoms with Crippen LogP contribution in [0.5, 0.6) is 0 Å². The largest absolute Gasteiger partial charge is 0.347 e. The molecule has 0 radical (unpaired) electrons. The molecule has 1 heterocycles. The summed E-state index contributed by atoms with van der Waals surface area (Å²) in [7, 11) is -4.00. The zero-order valence-corrected chi connectivity index (χ0v) is 20.3. The van der Waals surface area contributed by atoms with Crippen LogP contribution in [0.25, 0.3) is 10.9 Å². The fourth-order valence-corrected chi connectivity index (χ4v) is 4.64. The predicted octanol–water partition coefficient (Wildman–Crippen LogP) is 2.04. The number of rotatable bonds is 11. The van der Waals surface area contributed by atoms with E-state index in [0.717, 1.165) is 0 Å². The second-order valence-electron chi connectivity index (χ2n) is 8.43. The number of hydrogen-bond acceptors (Lipinski definition) is 6. The highest BCUT2D eigenvalue weighted by atomic mass is 32.2. The van der Waals surface area contributed by atoms with E-state index in [0.29, 0.717) is 22.9 Å². The van der Waals surface area contributed by atoms with E-state index in [1.165, 1.54) is 12.3 Å². The minimum atomic E-state index is -4.00. The second-order valence-corrected chi connectivity index (χ2v) is 10.2. The summed E-state index contributed by atoms with van der Waals surface area (Å²) in [6.07, 6.45) is 1.87. The molecule has 0 aliphatic rings. The Labute approximate surface area is 204 Å². The third-order valence-corrected chi connectivity index (χ3v) is 6.60. The fourth-order valence-electron chi connectivity index (χ4n) is 3.45. The van der Waals surface area contributed by atoms with Crippen molar-refractivity contribution in [3.8, 4) is 0 Å². The topological polar surface area (TPSA) is 134 Å². The van der Waals surface area contributed by atoms with E-state index >= 15 is 0 Å². The number of nitrogens with one attached hydrogen (secondary N) is 3. The van der Waals surface area contributed by atoms with Crippen molar-refractivity contribution in [3.05, 3.63) is 72.4 Å². The van der Waals surface area contributed by atoms with E-state index in [2.05, 4.69) is 20.3 Å². The Kier molecular flexibility index (Phi) is 8.67. The highest BCUT2D eigenvalue weighted by molar-refractivity contribution is 7.89. The first-order chi connectivity index (χ1) is 16.7. The van der Waals surface area contributed by atoms with Gasteiger partial charge in [0.1, 0.15) is 10.9 Å². The Hall–Kier alpha value is -3.63. The highest BCUT2D eigenvalue weighted by Crippen LogP contribution is 2.20. The number of sulfonamides is 1. The third kappa shape index (κ3) is 7.17. The van der Waals surface area contributed by atoms with Crippen LogP contribution in [0, 0.1) is 5.92 Å². The number of nitrogens with zero attached hydrogens (tertiary/aromatic N) is 1. The van der Waals surface area contributed by atoms with Gasteiger partial charge in [0.25, 0.3) is 5.91 Å². The molecule has 2 aromatic carbocycles. The van der Waals surface area contributed by atoms with Gasteiger partial charge in [-0.2, -0.15) is 0 Å². The maximum atomic E-state index is 12.7. The van der Waals surface area contributed by atoms with Gasteiger partial charge in [0.05, 0.1) is 18.6 Å². The van der Waals surface area contributed by atoms with Crippen LogP contribution in [0.3, 0.4) is 0 Å². The Balaban J connectivity index is 1.57. The number of benzene rings is 2. The van der Waals surface area contributed by atoms with Gasteiger partial charge in [0.2, 0.25) is 15.9 Å². The maximum Gasteiger partial charge on any atom is 0.251 e. The summed E-state index contributed by atoms with van der Waals surface area (Å²) < 4.78 is 27.7. The molecular formula is C25H28N4O5S. The van der Waals surface area contributed by atoms with Gasteiger partial charge in [-0.15, -0.1) is 0 Å². The summed E-state index contributed by atoms with van der Waals surface area (Å²) in [4.78, 5) is 41.6. The standard InChI is InChI=1S/C25H28N4O5S/c1-17(2)14-21(29-24(31)19-8-4-3-5-9-19)25(32)27-15-20(30)16-28-35(33,34)22-12-6-10-18-11-7-13-26-23(18)22/h3-13,17,21,28H,14-16H2,1-2H3,(H,27,32)(H,29,31)/t21-/m0/s1. The van der Waals surface area contributed by atoms with Gasteiger partial charge < -0.3 is 10.6 Å². The number of carbonyl (C=O) groups is 3. The van der Waals surface area contributed by atoms with Crippen LogP contribution in [-0.2, 0) is 19.6 Å². The quantitative estimate of drug-likeness (QED) is 0.372. The molecule has 3 rings (SSSR count). The van der Waals surface area contributed by atoms with Crippen LogP contribution in [0.2, 0.25) is 0 Å². The molecule has 0 unspecified atom stereocenters. The molecule has 0 fully saturated rings. The minimum Gasteiger partial charge on any atom is -0.347 e. The van der Waals surface area contributed by atoms with Crippen molar-refractivity contribution in [1.82, 2.24) is 20.3 Å². The molecule has 1 aromatic heterocycles. The number of amides is 2. The monoisotopic (exact) mass is 496 g/mol. The summed E-state index contributed by atoms with van der Waals surface area (Å²) in [5.41, 5.74) is 0.719. The zero-order chi connectivity index (χ0) is 25.4. The molecule has 0 saturated carbocycles. The van der Waals surface area contributed by atoms with Gasteiger partial charge in [-0.05, 0) is 36.6 Å². The van der Waals surface area contributed by atoms with Crippen molar-refractivity contribution in [3.63, 3.8) is 0 Å². The lowest BCUT2D eigenvalue weighted by Crippen LogP contribution is -2.49. The third-order valence-electron chi connectivity index (χ3n) is 5.17. The number of fused-ring (bicyclic) bond motifs is 1. The molecule has 35 heavy (non-hydrogen) atoms. The molecule has 0 spiro atoms. The van der Waals surface area contributed by atoms with Crippen molar-refractivity contribution in [2.24, 2.45) is 5.92 Å². The molecule has 3 aromatic rings. The molecule has 0 bridgehead atoms. The van der Waals surface area contributed by atoms with Gasteiger partial charge in [-0.1, -0.05) is 50.2 Å². The van der Waals surface area contributed by atoms with Gasteiger partial charge in [-0.25, -0.2) is 13.1 Å². The van der Waals surface area contributed by atoms with Crippen molar-refractivity contribution < 1.29 is 22.8 Å². The number of carbonyl (C=O) groups excluding carboxylic acids is 3. The van der Waals surface area contributed by atoms with Gasteiger partial charge in [-0.3, -0.25) is 19.4 Å². The molecule has 9 nitrogen and oxygen atoms in total. The van der Waals surface area contributed by atoms with Crippen LogP contribution in [0.4, 0.5) is 0 Å². The van der Waals surface area contributed by atoms with Gasteiger partial charge in [0, 0.05) is 17.1 Å². The molecule has 10 heteroatoms. The lowest BCUT2D eigenvalue weighted by atomic mass is 10.0. The molecule has 184 valence electrons. The summed E-state index contributed by atoms with van der Waals surface area (Å²) in [6.45, 7) is 2.94. The van der Waals surface area contributed by atoms with Gasteiger partial charge >= 0.3 is 0 Å². The molecule has 2 amide bonds. The van der Waals surface area contributed by atoms with E-state index in [1.807, 2.05) is 13.8 Å². The first kappa shape index (κ1) is 26.0. The van der Waals surface area contributed by atoms with Crippen molar-refractivity contribution in [1.29, 1.82) is 0 Å². The SMILES string of the molecule is CC(C)C[C@H](NC(=O)c1ccccc1)C(=O)NCC(=O)CNS(=O)(=O)c1cccc2cccnc12. The number of Topliss-reactive ketones (excluding diaryl/α,β-unsaturated/α-hetero) is 1. The van der Waals surface area contributed by atoms with E-state index < -0.39 is 40.2 Å². The van der Waals surface area contributed by atoms with E-state index in [4.69, 9.17) is 0 Å². The number of hydrogen-bond donors (Lipinski definition) is 3. The Bertz CT molecular complexity index is 1300. The Morgan fingerprint density at radius 1 is 0.914 bits per heavy atom. The highest BCUT2D eigenvalue weighted by Gasteiger charge is 2.24. The predicted molar refractivity (Wildman–Crippen MR) is 132 cm³/mol. The van der Waals surface area contributed by atoms with E-state index in [9.17, 15) is 22.8 Å². The summed E-state index contributed by atoms with van der Waals surface area (Å²) in [6, 6.07) is 15.9. The number of pyridine rings is 1. The summed E-state index contributed by atoms with van der Waals surface area (Å²) in [5.74, 6) is -1.34. The van der Waals surface area contributed by atoms with Crippen LogP contribution in [0.1, 0.15) is 30.6 Å². The zero-order valence-electron chi connectivity index (χ0n) is 19.5. The molecule has 0 saturated heterocycles. The molecule has 3 N–H and O–H groups in total. The molecule has 1 atom stereocenters. The number of ketones is 1. The number of aromatic nitrogens is 1. The smallest absolute Gasteiger partial charge is 0.251 e. The Morgan fingerprint density at radius 3 is 2.34 bits per heavy atom. The Morgan fingerprint density at radius 2 is 1.63 bits per heavy atom. The number of para-hydroxylation sites is 1. The first-order valence-corrected chi connectivity index (χ1v) is 12.6. The minimum absolute atomic E-state index is 0.0342. The first-order valence-electron chi connectivity index (χ1n) is 11.2. The fraction of sp³-hybridized carbons (Fsp3) is 0.280. The van der Waals surface area contributed by atoms with Crippen LogP contribution in [0.15, 0.2) is 71.8 Å². The summed E-state index contributed by atoms with van der Waals surface area (Å²) in [5, 5.41) is 5.86. The van der Waals surface area contributed by atoms with Crippen LogP contribution < -0.4 is 15.4 Å². The lowest BCUT2D eigenvalue weighted by molar-refractivity contribution is -0.126.